The third-order valence-electron chi connectivity index (χ3n) is 14.7. The highest BCUT2D eigenvalue weighted by Gasteiger charge is 2.38. The molecule has 0 aliphatic rings. The Labute approximate surface area is 495 Å². The van der Waals surface area contributed by atoms with E-state index < -0.39 is 132 Å². The van der Waals surface area contributed by atoms with Crippen LogP contribution in [0.1, 0.15) is 118 Å². The van der Waals surface area contributed by atoms with Gasteiger partial charge in [-0.25, -0.2) is 9.78 Å². The highest BCUT2D eigenvalue weighted by atomic mass is 16.4. The zero-order valence-corrected chi connectivity index (χ0v) is 50.0. The highest BCUT2D eigenvalue weighted by Crippen LogP contribution is 2.21. The SMILES string of the molecule is CC[C@H](C)[C@H](NC(=O)[C@H](Cc1c[nH]c2ccccc12)NC(=O)[C@@H](NC(=O)[C@H](CO)NC(=O)[C@@H](NC(=O)[C@@H](N)CCCN=C(N)N)[C@@H](C)CC)[C@@H](C)CC)C(=O)N[C@@H](CC(C)C)C(=O)N[C@@H](CCCN=C(N)N)C(=O)N[C@@H](Cc1cnc[nH]1)C(=O)O. The van der Waals surface area contributed by atoms with Crippen molar-refractivity contribution in [1.29, 1.82) is 0 Å². The van der Waals surface area contributed by atoms with Crippen molar-refractivity contribution < 1.29 is 53.4 Å². The van der Waals surface area contributed by atoms with Gasteiger partial charge in [-0.15, -0.1) is 0 Å². The van der Waals surface area contributed by atoms with Gasteiger partial charge in [0.1, 0.15) is 48.3 Å². The van der Waals surface area contributed by atoms with Gasteiger partial charge in [-0.3, -0.25) is 48.3 Å². The monoisotopic (exact) mass is 1190 g/mol. The van der Waals surface area contributed by atoms with Crippen LogP contribution in [-0.2, 0) is 56.0 Å². The van der Waals surface area contributed by atoms with Crippen molar-refractivity contribution in [2.75, 3.05) is 19.7 Å². The van der Waals surface area contributed by atoms with Crippen LogP contribution < -0.4 is 71.2 Å². The molecule has 2 heterocycles. The van der Waals surface area contributed by atoms with Crippen LogP contribution in [-0.4, -0.2) is 164 Å². The number of H-pyrrole nitrogens is 2. The van der Waals surface area contributed by atoms with Crippen LogP contribution in [0.3, 0.4) is 0 Å². The van der Waals surface area contributed by atoms with Gasteiger partial charge in [-0.1, -0.05) is 92.9 Å². The Morgan fingerprint density at radius 3 is 1.52 bits per heavy atom. The number of benzene rings is 1. The predicted molar refractivity (Wildman–Crippen MR) is 320 cm³/mol. The molecule has 0 fully saturated rings. The summed E-state index contributed by atoms with van der Waals surface area (Å²) in [5.41, 5.74) is 29.7. The fraction of sp³-hybridized carbons (Fsp3) is 0.607. The molecular weight excluding hydrogens is 1100 g/mol. The van der Waals surface area contributed by atoms with E-state index in [4.69, 9.17) is 28.7 Å². The van der Waals surface area contributed by atoms with E-state index in [1.807, 2.05) is 32.0 Å². The summed E-state index contributed by atoms with van der Waals surface area (Å²) in [4.78, 5) is 143. The van der Waals surface area contributed by atoms with E-state index in [9.17, 15) is 53.4 Å². The molecule has 472 valence electrons. The molecule has 3 aromatic rings. The number of carboxylic acids is 1. The fourth-order valence-electron chi connectivity index (χ4n) is 9.07. The standard InChI is InChI=1S/C56H92N18O11/c1-9-30(6)43(72-46(76)36(57)17-14-20-63-55(58)59)53(83)71-42(27-75)50(80)74-45(32(8)11-3)52(82)69-40(23-33-25-65-37-18-13-12-16-35(33)37)49(79)73-44(31(7)10-2)51(81)68-39(22-29(4)5)48(78)67-38(19-15-21-64-56(60)61)47(77)70-41(54(84)85)24-34-26-62-28-66-34/h12-13,16,18,25-26,28-32,36,38-45,65,75H,9-11,14-15,17,19-24,27,57H2,1-8H3,(H,62,66)(H,67,78)(H,68,81)(H,69,82)(H,70,77)(H,71,83)(H,72,76)(H,73,79)(H,74,80)(H,84,85)(H4,58,59,63)(H4,60,61,64)/t30-,31-,32-,36-,38-,39-,40-,41-,42-,43-,44-,45-/m0/s1. The van der Waals surface area contributed by atoms with Crippen molar-refractivity contribution >= 4 is 76.0 Å². The van der Waals surface area contributed by atoms with Gasteiger partial charge < -0.3 is 91.4 Å². The van der Waals surface area contributed by atoms with Gasteiger partial charge in [-0.2, -0.15) is 0 Å². The van der Waals surface area contributed by atoms with Gasteiger partial charge in [0.15, 0.2) is 11.9 Å². The number of fused-ring (bicyclic) bond motifs is 1. The number of carboxylic acid groups (broad SMARTS) is 1. The Hall–Kier alpha value is -8.34. The van der Waals surface area contributed by atoms with E-state index in [1.165, 1.54) is 12.5 Å². The third kappa shape index (κ3) is 23.3. The number of aliphatic imine (C=N–C) groups is 2. The number of carbonyl (C=O) groups is 9. The lowest BCUT2D eigenvalue weighted by molar-refractivity contribution is -0.142. The minimum atomic E-state index is -1.61. The second kappa shape index (κ2) is 35.7. The minimum Gasteiger partial charge on any atom is -0.480 e. The molecule has 2 aromatic heterocycles. The lowest BCUT2D eigenvalue weighted by Gasteiger charge is -2.31. The number of aromatic amines is 2. The normalized spacial score (nSPS) is 15.5. The van der Waals surface area contributed by atoms with Gasteiger partial charge in [0, 0.05) is 54.9 Å². The minimum absolute atomic E-state index is 0.0380. The molecule has 0 radical (unpaired) electrons. The largest absolute Gasteiger partial charge is 0.480 e. The first-order chi connectivity index (χ1) is 40.2. The topological polar surface area (TPSA) is 490 Å². The van der Waals surface area contributed by atoms with Crippen LogP contribution in [0.4, 0.5) is 0 Å². The Bertz CT molecular complexity index is 2730. The summed E-state index contributed by atoms with van der Waals surface area (Å²) in [6.07, 6.45) is 6.08. The lowest BCUT2D eigenvalue weighted by Crippen LogP contribution is -2.62. The Kier molecular flexibility index (Phi) is 29.8. The number of guanidine groups is 2. The summed E-state index contributed by atoms with van der Waals surface area (Å²) in [6, 6.07) is -4.62. The summed E-state index contributed by atoms with van der Waals surface area (Å²) >= 11 is 0. The molecule has 22 N–H and O–H groups in total. The number of aliphatic hydroxyl groups is 1. The Morgan fingerprint density at radius 2 is 1.02 bits per heavy atom. The molecule has 0 saturated carbocycles. The molecule has 1 aromatic carbocycles. The Balaban J connectivity index is 1.94. The maximum absolute atomic E-state index is 14.9. The van der Waals surface area contributed by atoms with E-state index in [1.54, 1.807) is 53.8 Å². The van der Waals surface area contributed by atoms with Gasteiger partial charge in [0.05, 0.1) is 19.0 Å². The second-order valence-electron chi connectivity index (χ2n) is 21.9. The third-order valence-corrected chi connectivity index (χ3v) is 14.7. The summed E-state index contributed by atoms with van der Waals surface area (Å²) in [7, 11) is 0. The van der Waals surface area contributed by atoms with Gasteiger partial charge in [-0.05, 0) is 67.4 Å². The molecular formula is C56H92N18O11. The van der Waals surface area contributed by atoms with E-state index in [2.05, 4.69) is 67.5 Å². The molecule has 0 saturated heterocycles. The molecule has 0 spiro atoms. The summed E-state index contributed by atoms with van der Waals surface area (Å²) in [5.74, 6) is -9.83. The first kappa shape index (κ1) is 70.9. The lowest BCUT2D eigenvalue weighted by atomic mass is 9.95. The number of hydrogen-bond acceptors (Lipinski definition) is 14. The maximum atomic E-state index is 14.9. The van der Waals surface area contributed by atoms with Crippen molar-refractivity contribution in [3.05, 3.63) is 54.2 Å². The number of amides is 8. The molecule has 29 heteroatoms. The number of nitrogens with two attached hydrogens (primary N) is 5. The van der Waals surface area contributed by atoms with Crippen molar-refractivity contribution in [1.82, 2.24) is 57.5 Å². The van der Waals surface area contributed by atoms with E-state index in [-0.39, 0.29) is 69.5 Å². The second-order valence-corrected chi connectivity index (χ2v) is 21.9. The van der Waals surface area contributed by atoms with E-state index in [0.29, 0.717) is 36.9 Å². The Morgan fingerprint density at radius 1 is 0.565 bits per heavy atom. The zero-order valence-electron chi connectivity index (χ0n) is 50.0. The van der Waals surface area contributed by atoms with E-state index in [0.717, 1.165) is 10.9 Å². The summed E-state index contributed by atoms with van der Waals surface area (Å²) in [5, 5.41) is 42.7. The molecule has 8 amide bonds. The first-order valence-electron chi connectivity index (χ1n) is 28.9. The van der Waals surface area contributed by atoms with Crippen LogP contribution >= 0.6 is 0 Å². The van der Waals surface area contributed by atoms with Gasteiger partial charge in [0.25, 0.3) is 0 Å². The number of carbonyl (C=O) groups excluding carboxylic acids is 8. The van der Waals surface area contributed by atoms with Crippen molar-refractivity contribution in [2.45, 2.75) is 174 Å². The summed E-state index contributed by atoms with van der Waals surface area (Å²) < 4.78 is 0. The highest BCUT2D eigenvalue weighted by molar-refractivity contribution is 5.99. The quantitative estimate of drug-likeness (QED) is 0.0172. The van der Waals surface area contributed by atoms with E-state index >= 15 is 0 Å². The number of imidazole rings is 1. The van der Waals surface area contributed by atoms with Crippen molar-refractivity contribution in [3.8, 4) is 0 Å². The average Bonchev–Trinajstić information content (AvgIpc) is 3.72. The van der Waals surface area contributed by atoms with Crippen LogP contribution in [0.5, 0.6) is 0 Å². The molecule has 3 rings (SSSR count). The number of hydrogen-bond donors (Lipinski definition) is 17. The van der Waals surface area contributed by atoms with Crippen LogP contribution in [0, 0.1) is 23.7 Å². The fourth-order valence-corrected chi connectivity index (χ4v) is 9.07. The van der Waals surface area contributed by atoms with Gasteiger partial charge in [0.2, 0.25) is 47.3 Å². The number of nitrogens with zero attached hydrogens (tertiary/aromatic N) is 3. The van der Waals surface area contributed by atoms with Crippen LogP contribution in [0.2, 0.25) is 0 Å². The number of nitrogens with one attached hydrogen (secondary N) is 10. The van der Waals surface area contributed by atoms with Crippen LogP contribution in [0.25, 0.3) is 10.9 Å². The van der Waals surface area contributed by atoms with Crippen molar-refractivity contribution in [3.63, 3.8) is 0 Å². The first-order valence-corrected chi connectivity index (χ1v) is 28.9. The molecule has 0 aliphatic carbocycles. The van der Waals surface area contributed by atoms with Crippen molar-refractivity contribution in [2.24, 2.45) is 62.3 Å². The summed E-state index contributed by atoms with van der Waals surface area (Å²) in [6.45, 7) is 13.5. The van der Waals surface area contributed by atoms with Gasteiger partial charge >= 0.3 is 5.97 Å². The van der Waals surface area contributed by atoms with Crippen LogP contribution in [0.15, 0.2) is 53.0 Å². The molecule has 0 aliphatic heterocycles. The number of aliphatic hydroxyl groups excluding tert-OH is 1. The molecule has 12 atom stereocenters. The molecule has 85 heavy (non-hydrogen) atoms. The number of rotatable bonds is 38. The number of aliphatic carboxylic acids is 1. The number of para-hydroxylation sites is 1. The average molecular weight is 1190 g/mol. The molecule has 0 bridgehead atoms. The smallest absolute Gasteiger partial charge is 0.326 e. The predicted octanol–water partition coefficient (Wildman–Crippen LogP) is -1.75. The number of aromatic nitrogens is 3. The zero-order chi connectivity index (χ0) is 63.5. The molecule has 0 unspecified atom stereocenters. The maximum Gasteiger partial charge on any atom is 0.326 e. The molecule has 29 nitrogen and oxygen atoms in total.